The fourth-order valence-corrected chi connectivity index (χ4v) is 3.59. The third-order valence-electron chi connectivity index (χ3n) is 3.65. The predicted molar refractivity (Wildman–Crippen MR) is 105 cm³/mol. The lowest BCUT2D eigenvalue weighted by atomic mass is 10.1. The minimum atomic E-state index is 0.710. The van der Waals surface area contributed by atoms with Crippen LogP contribution < -0.4 is 5.32 Å². The summed E-state index contributed by atoms with van der Waals surface area (Å²) in [6.07, 6.45) is 3.27. The Bertz CT molecular complexity index is 1040. The van der Waals surface area contributed by atoms with E-state index in [1.165, 1.54) is 6.33 Å². The highest BCUT2D eigenvalue weighted by Crippen LogP contribution is 2.39. The first-order valence-corrected chi connectivity index (χ1v) is 8.83. The summed E-state index contributed by atoms with van der Waals surface area (Å²) in [5, 5.41) is 10.9. The Kier molecular flexibility index (Phi) is 4.28. The standard InChI is InChI=1S/C19H16N6S/c1-12(2)23-15-10-14(8-9-20-15)19-24-16(13-6-4-3-5-7-13)17(26-19)18-21-11-22-25-18/h3-11H,1H2,2H3,(H,20,23)(H,21,22,25). The van der Waals surface area contributed by atoms with Gasteiger partial charge < -0.3 is 5.32 Å². The van der Waals surface area contributed by atoms with Crippen molar-refractivity contribution in [2.45, 2.75) is 6.92 Å². The first-order valence-electron chi connectivity index (χ1n) is 8.01. The molecule has 0 radical (unpaired) electrons. The largest absolute Gasteiger partial charge is 0.345 e. The number of hydrogen-bond donors (Lipinski definition) is 2. The summed E-state index contributed by atoms with van der Waals surface area (Å²) in [5.41, 5.74) is 3.74. The van der Waals surface area contributed by atoms with Crippen LogP contribution in [0.2, 0.25) is 0 Å². The average Bonchev–Trinajstić information content (AvgIpc) is 3.32. The summed E-state index contributed by atoms with van der Waals surface area (Å²) in [5.74, 6) is 1.45. The number of rotatable bonds is 5. The summed E-state index contributed by atoms with van der Waals surface area (Å²) < 4.78 is 0. The Morgan fingerprint density at radius 1 is 1.12 bits per heavy atom. The topological polar surface area (TPSA) is 79.4 Å². The van der Waals surface area contributed by atoms with Gasteiger partial charge in [-0.2, -0.15) is 5.10 Å². The lowest BCUT2D eigenvalue weighted by Gasteiger charge is -2.04. The molecule has 0 amide bonds. The fourth-order valence-electron chi connectivity index (χ4n) is 2.56. The molecule has 3 aromatic heterocycles. The van der Waals surface area contributed by atoms with Crippen molar-refractivity contribution in [3.05, 3.63) is 67.3 Å². The van der Waals surface area contributed by atoms with E-state index in [1.807, 2.05) is 49.4 Å². The van der Waals surface area contributed by atoms with Crippen molar-refractivity contribution >= 4 is 17.2 Å². The Morgan fingerprint density at radius 3 is 2.69 bits per heavy atom. The van der Waals surface area contributed by atoms with Crippen molar-refractivity contribution in [3.63, 3.8) is 0 Å². The molecule has 0 aliphatic heterocycles. The van der Waals surface area contributed by atoms with Gasteiger partial charge in [0.15, 0.2) is 5.82 Å². The number of allylic oxidation sites excluding steroid dienone is 1. The second-order valence-electron chi connectivity index (χ2n) is 5.73. The van der Waals surface area contributed by atoms with Crippen molar-refractivity contribution < 1.29 is 0 Å². The van der Waals surface area contributed by atoms with Crippen molar-refractivity contribution in [1.82, 2.24) is 25.1 Å². The van der Waals surface area contributed by atoms with Crippen LogP contribution in [0.4, 0.5) is 5.82 Å². The summed E-state index contributed by atoms with van der Waals surface area (Å²) in [7, 11) is 0. The van der Waals surface area contributed by atoms with Crippen molar-refractivity contribution in [2.75, 3.05) is 5.32 Å². The molecule has 128 valence electrons. The van der Waals surface area contributed by atoms with Gasteiger partial charge in [-0.05, 0) is 19.1 Å². The van der Waals surface area contributed by atoms with E-state index in [0.717, 1.165) is 38.2 Å². The summed E-state index contributed by atoms with van der Waals surface area (Å²) in [4.78, 5) is 14.5. The normalized spacial score (nSPS) is 10.7. The van der Waals surface area contributed by atoms with E-state index >= 15 is 0 Å². The van der Waals surface area contributed by atoms with Crippen LogP contribution in [0.25, 0.3) is 32.5 Å². The number of aromatic amines is 1. The van der Waals surface area contributed by atoms with Gasteiger partial charge in [-0.1, -0.05) is 36.9 Å². The number of nitrogens with zero attached hydrogens (tertiary/aromatic N) is 4. The Balaban J connectivity index is 1.82. The molecule has 0 saturated heterocycles. The van der Waals surface area contributed by atoms with E-state index in [9.17, 15) is 0 Å². The number of thiazole rings is 1. The van der Waals surface area contributed by atoms with Gasteiger partial charge in [0.2, 0.25) is 0 Å². The van der Waals surface area contributed by atoms with Crippen LogP contribution in [0.15, 0.2) is 67.3 Å². The lowest BCUT2D eigenvalue weighted by Crippen LogP contribution is -1.96. The number of hydrogen-bond acceptors (Lipinski definition) is 6. The number of pyridine rings is 1. The highest BCUT2D eigenvalue weighted by atomic mass is 32.1. The van der Waals surface area contributed by atoms with Gasteiger partial charge in [0.05, 0.1) is 10.6 Å². The fraction of sp³-hybridized carbons (Fsp3) is 0.0526. The lowest BCUT2D eigenvalue weighted by molar-refractivity contribution is 1.10. The maximum Gasteiger partial charge on any atom is 0.167 e. The SMILES string of the molecule is C=C(C)Nc1cc(-c2nc(-c3ccccc3)c(-c3ncn[nH]3)s2)ccn1. The van der Waals surface area contributed by atoms with Gasteiger partial charge in [-0.25, -0.2) is 15.0 Å². The van der Waals surface area contributed by atoms with Gasteiger partial charge in [-0.3, -0.25) is 5.10 Å². The number of nitrogens with one attached hydrogen (secondary N) is 2. The molecule has 0 fully saturated rings. The number of aromatic nitrogens is 5. The van der Waals surface area contributed by atoms with E-state index in [1.54, 1.807) is 17.5 Å². The summed E-state index contributed by atoms with van der Waals surface area (Å²) >= 11 is 1.57. The molecular formula is C19H16N6S. The molecule has 4 rings (SSSR count). The molecule has 2 N–H and O–H groups in total. The van der Waals surface area contributed by atoms with Crippen LogP contribution in [0.1, 0.15) is 6.92 Å². The molecular weight excluding hydrogens is 344 g/mol. The van der Waals surface area contributed by atoms with Crippen LogP contribution in [-0.2, 0) is 0 Å². The number of benzene rings is 1. The highest BCUT2D eigenvalue weighted by molar-refractivity contribution is 7.18. The van der Waals surface area contributed by atoms with E-state index in [0.29, 0.717) is 5.82 Å². The van der Waals surface area contributed by atoms with E-state index < -0.39 is 0 Å². The molecule has 4 aromatic rings. The molecule has 26 heavy (non-hydrogen) atoms. The third-order valence-corrected chi connectivity index (χ3v) is 4.76. The maximum atomic E-state index is 4.88. The highest BCUT2D eigenvalue weighted by Gasteiger charge is 2.18. The van der Waals surface area contributed by atoms with Gasteiger partial charge in [0.25, 0.3) is 0 Å². The van der Waals surface area contributed by atoms with Gasteiger partial charge >= 0.3 is 0 Å². The molecule has 0 unspecified atom stereocenters. The molecule has 6 nitrogen and oxygen atoms in total. The van der Waals surface area contributed by atoms with E-state index in [2.05, 4.69) is 32.1 Å². The summed E-state index contributed by atoms with van der Waals surface area (Å²) in [6, 6.07) is 14.0. The Morgan fingerprint density at radius 2 is 1.96 bits per heavy atom. The van der Waals surface area contributed by atoms with Gasteiger partial charge in [-0.15, -0.1) is 11.3 Å². The molecule has 1 aromatic carbocycles. The minimum absolute atomic E-state index is 0.710. The number of anilines is 1. The monoisotopic (exact) mass is 360 g/mol. The molecule has 0 aliphatic carbocycles. The van der Waals surface area contributed by atoms with Gasteiger partial charge in [0, 0.05) is 23.0 Å². The second-order valence-corrected chi connectivity index (χ2v) is 6.73. The Hall–Kier alpha value is -3.32. The molecule has 7 heteroatoms. The van der Waals surface area contributed by atoms with Crippen LogP contribution in [0.5, 0.6) is 0 Å². The quantitative estimate of drug-likeness (QED) is 0.544. The average molecular weight is 360 g/mol. The van der Waals surface area contributed by atoms with Crippen LogP contribution >= 0.6 is 11.3 Å². The zero-order valence-electron chi connectivity index (χ0n) is 14.1. The Labute approximate surface area is 154 Å². The van der Waals surface area contributed by atoms with E-state index in [4.69, 9.17) is 4.98 Å². The van der Waals surface area contributed by atoms with Crippen LogP contribution in [0, 0.1) is 0 Å². The zero-order chi connectivity index (χ0) is 17.9. The van der Waals surface area contributed by atoms with Crippen molar-refractivity contribution in [2.24, 2.45) is 0 Å². The molecule has 0 saturated carbocycles. The van der Waals surface area contributed by atoms with Crippen molar-refractivity contribution in [1.29, 1.82) is 0 Å². The summed E-state index contributed by atoms with van der Waals surface area (Å²) in [6.45, 7) is 5.76. The van der Waals surface area contributed by atoms with Gasteiger partial charge in [0.1, 0.15) is 17.2 Å². The molecule has 0 spiro atoms. The predicted octanol–water partition coefficient (Wildman–Crippen LogP) is 4.60. The second kappa shape index (κ2) is 6.89. The maximum absolute atomic E-state index is 4.88. The molecule has 0 bridgehead atoms. The molecule has 0 atom stereocenters. The number of H-pyrrole nitrogens is 1. The van der Waals surface area contributed by atoms with Crippen LogP contribution in [0.3, 0.4) is 0 Å². The molecule has 3 heterocycles. The minimum Gasteiger partial charge on any atom is -0.345 e. The first kappa shape index (κ1) is 16.2. The third kappa shape index (κ3) is 3.25. The molecule has 0 aliphatic rings. The first-order chi connectivity index (χ1) is 12.7. The van der Waals surface area contributed by atoms with E-state index in [-0.39, 0.29) is 0 Å². The van der Waals surface area contributed by atoms with Crippen molar-refractivity contribution in [3.8, 4) is 32.5 Å². The zero-order valence-corrected chi connectivity index (χ0v) is 14.9. The van der Waals surface area contributed by atoms with Crippen LogP contribution in [-0.4, -0.2) is 25.1 Å². The smallest absolute Gasteiger partial charge is 0.167 e.